The molecule has 1 aromatic heterocycles. The summed E-state index contributed by atoms with van der Waals surface area (Å²) in [5.41, 5.74) is 1.93. The molecule has 0 saturated heterocycles. The lowest BCUT2D eigenvalue weighted by Gasteiger charge is -2.27. The van der Waals surface area contributed by atoms with E-state index in [2.05, 4.69) is 4.98 Å². The van der Waals surface area contributed by atoms with Crippen LogP contribution in [-0.4, -0.2) is 52.9 Å². The molecule has 0 unspecified atom stereocenters. The highest BCUT2D eigenvalue weighted by molar-refractivity contribution is 5.71. The molecule has 0 spiro atoms. The maximum absolute atomic E-state index is 14.3. The van der Waals surface area contributed by atoms with E-state index in [1.807, 2.05) is 25.7 Å². The lowest BCUT2D eigenvalue weighted by atomic mass is 10.2. The van der Waals surface area contributed by atoms with Gasteiger partial charge in [0.1, 0.15) is 5.60 Å². The Kier molecular flexibility index (Phi) is 4.21. The zero-order valence-corrected chi connectivity index (χ0v) is 14.2. The standard InChI is InChI=1S/C17H22FN3O3/c1-17(2,3)24-16(23)21-8-12-6-20(7-13(12)9-21)15-14(18)11(10-22)4-5-19-15/h4-5,22H,6-10H2,1-3H3. The second-order valence-electron chi connectivity index (χ2n) is 7.17. The number of anilines is 1. The van der Waals surface area contributed by atoms with Gasteiger partial charge in [-0.25, -0.2) is 14.2 Å². The van der Waals surface area contributed by atoms with Crippen LogP contribution in [0.1, 0.15) is 26.3 Å². The fraction of sp³-hybridized carbons (Fsp3) is 0.529. The van der Waals surface area contributed by atoms with Crippen molar-refractivity contribution >= 4 is 11.9 Å². The molecule has 24 heavy (non-hydrogen) atoms. The summed E-state index contributed by atoms with van der Waals surface area (Å²) >= 11 is 0. The van der Waals surface area contributed by atoms with Crippen LogP contribution in [0.5, 0.6) is 0 Å². The molecule has 0 atom stereocenters. The van der Waals surface area contributed by atoms with E-state index in [4.69, 9.17) is 4.74 Å². The molecule has 0 radical (unpaired) electrons. The summed E-state index contributed by atoms with van der Waals surface area (Å²) < 4.78 is 19.7. The number of nitrogens with zero attached hydrogens (tertiary/aromatic N) is 3. The van der Waals surface area contributed by atoms with Gasteiger partial charge in [-0.15, -0.1) is 0 Å². The minimum atomic E-state index is -0.520. The van der Waals surface area contributed by atoms with Crippen LogP contribution in [0.25, 0.3) is 0 Å². The summed E-state index contributed by atoms with van der Waals surface area (Å²) in [6, 6.07) is 1.47. The third-order valence-corrected chi connectivity index (χ3v) is 4.10. The van der Waals surface area contributed by atoms with Crippen molar-refractivity contribution in [1.82, 2.24) is 9.88 Å². The number of carbonyl (C=O) groups excluding carboxylic acids is 1. The molecule has 0 saturated carbocycles. The molecule has 6 nitrogen and oxygen atoms in total. The fourth-order valence-corrected chi connectivity index (χ4v) is 3.00. The third kappa shape index (κ3) is 3.21. The number of aromatic nitrogens is 1. The number of rotatable bonds is 2. The largest absolute Gasteiger partial charge is 0.444 e. The molecule has 0 aliphatic carbocycles. The number of pyridine rings is 1. The van der Waals surface area contributed by atoms with E-state index >= 15 is 0 Å². The minimum absolute atomic E-state index is 0.238. The number of halogens is 1. The summed E-state index contributed by atoms with van der Waals surface area (Å²) in [6.45, 7) is 7.24. The van der Waals surface area contributed by atoms with Gasteiger partial charge in [0, 0.05) is 37.9 Å². The predicted molar refractivity (Wildman–Crippen MR) is 87.2 cm³/mol. The fourth-order valence-electron chi connectivity index (χ4n) is 3.00. The van der Waals surface area contributed by atoms with E-state index in [1.165, 1.54) is 12.3 Å². The van der Waals surface area contributed by atoms with Crippen molar-refractivity contribution in [2.24, 2.45) is 0 Å². The van der Waals surface area contributed by atoms with Crippen molar-refractivity contribution in [3.8, 4) is 0 Å². The first-order chi connectivity index (χ1) is 11.3. The first-order valence-electron chi connectivity index (χ1n) is 7.95. The van der Waals surface area contributed by atoms with Crippen LogP contribution in [0.15, 0.2) is 23.4 Å². The lowest BCUT2D eigenvalue weighted by Crippen LogP contribution is -2.38. The highest BCUT2D eigenvalue weighted by Crippen LogP contribution is 2.31. The third-order valence-electron chi connectivity index (χ3n) is 4.10. The van der Waals surface area contributed by atoms with Crippen LogP contribution < -0.4 is 4.90 Å². The van der Waals surface area contributed by atoms with Gasteiger partial charge in [0.25, 0.3) is 0 Å². The average molecular weight is 335 g/mol. The number of hydrogen-bond acceptors (Lipinski definition) is 5. The number of carbonyl (C=O) groups is 1. The topological polar surface area (TPSA) is 65.9 Å². The second-order valence-corrected chi connectivity index (χ2v) is 7.17. The Morgan fingerprint density at radius 3 is 2.46 bits per heavy atom. The normalized spacial score (nSPS) is 17.5. The second kappa shape index (κ2) is 6.05. The van der Waals surface area contributed by atoms with Crippen LogP contribution in [0.3, 0.4) is 0 Å². The van der Waals surface area contributed by atoms with E-state index in [0.29, 0.717) is 26.2 Å². The lowest BCUT2D eigenvalue weighted by molar-refractivity contribution is 0.0297. The zero-order chi connectivity index (χ0) is 17.5. The highest BCUT2D eigenvalue weighted by Gasteiger charge is 2.35. The Balaban J connectivity index is 1.65. The summed E-state index contributed by atoms with van der Waals surface area (Å²) in [5.74, 6) is -0.232. The molecule has 1 aromatic rings. The van der Waals surface area contributed by atoms with E-state index in [1.54, 1.807) is 4.90 Å². The molecule has 3 rings (SSSR count). The number of amides is 1. The molecule has 130 valence electrons. The maximum atomic E-state index is 14.3. The van der Waals surface area contributed by atoms with Crippen molar-refractivity contribution in [3.63, 3.8) is 0 Å². The first kappa shape index (κ1) is 16.7. The van der Waals surface area contributed by atoms with Gasteiger partial charge in [0.2, 0.25) is 0 Å². The number of aliphatic hydroxyl groups excluding tert-OH is 1. The van der Waals surface area contributed by atoms with E-state index in [9.17, 15) is 14.3 Å². The van der Waals surface area contributed by atoms with Crippen LogP contribution in [0, 0.1) is 5.82 Å². The SMILES string of the molecule is CC(C)(C)OC(=O)N1CC2=C(C1)CN(c1nccc(CO)c1F)C2. The van der Waals surface area contributed by atoms with Gasteiger partial charge in [0.05, 0.1) is 6.61 Å². The van der Waals surface area contributed by atoms with E-state index in [-0.39, 0.29) is 24.1 Å². The number of ether oxygens (including phenoxy) is 1. The highest BCUT2D eigenvalue weighted by atomic mass is 19.1. The molecule has 1 amide bonds. The summed E-state index contributed by atoms with van der Waals surface area (Å²) in [7, 11) is 0. The molecular weight excluding hydrogens is 313 g/mol. The predicted octanol–water partition coefficient (Wildman–Crippen LogP) is 2.08. The van der Waals surface area contributed by atoms with Gasteiger partial charge >= 0.3 is 6.09 Å². The molecule has 0 fully saturated rings. The Morgan fingerprint density at radius 2 is 1.92 bits per heavy atom. The van der Waals surface area contributed by atoms with E-state index < -0.39 is 11.4 Å². The Morgan fingerprint density at radius 1 is 1.29 bits per heavy atom. The van der Waals surface area contributed by atoms with Gasteiger partial charge in [-0.1, -0.05) is 0 Å². The van der Waals surface area contributed by atoms with Gasteiger partial charge < -0.3 is 19.6 Å². The summed E-state index contributed by atoms with van der Waals surface area (Å²) in [6.07, 6.45) is 1.18. The van der Waals surface area contributed by atoms with Crippen LogP contribution in [-0.2, 0) is 11.3 Å². The van der Waals surface area contributed by atoms with Crippen molar-refractivity contribution in [1.29, 1.82) is 0 Å². The zero-order valence-electron chi connectivity index (χ0n) is 14.2. The number of hydrogen-bond donors (Lipinski definition) is 1. The van der Waals surface area contributed by atoms with Crippen LogP contribution in [0.4, 0.5) is 15.0 Å². The Hall–Kier alpha value is -2.15. The number of aliphatic hydroxyl groups is 1. The molecule has 1 N–H and O–H groups in total. The van der Waals surface area contributed by atoms with Crippen LogP contribution in [0.2, 0.25) is 0 Å². The van der Waals surface area contributed by atoms with Crippen LogP contribution >= 0.6 is 0 Å². The smallest absolute Gasteiger partial charge is 0.410 e. The summed E-state index contributed by atoms with van der Waals surface area (Å²) in [5, 5.41) is 9.18. The van der Waals surface area contributed by atoms with Crippen molar-refractivity contribution < 1.29 is 19.0 Å². The average Bonchev–Trinajstić information content (AvgIpc) is 3.04. The Labute approximate surface area is 140 Å². The Bertz CT molecular complexity index is 679. The van der Waals surface area contributed by atoms with E-state index in [0.717, 1.165) is 11.1 Å². The monoisotopic (exact) mass is 335 g/mol. The summed E-state index contributed by atoms with van der Waals surface area (Å²) in [4.78, 5) is 19.8. The molecule has 7 heteroatoms. The van der Waals surface area contributed by atoms with Gasteiger partial charge in [-0.2, -0.15) is 0 Å². The quantitative estimate of drug-likeness (QED) is 0.838. The maximum Gasteiger partial charge on any atom is 0.410 e. The first-order valence-corrected chi connectivity index (χ1v) is 7.95. The van der Waals surface area contributed by atoms with Gasteiger partial charge in [0.15, 0.2) is 11.6 Å². The van der Waals surface area contributed by atoms with Crippen molar-refractivity contribution in [3.05, 3.63) is 34.8 Å². The molecule has 2 aliphatic rings. The minimum Gasteiger partial charge on any atom is -0.444 e. The molecule has 0 bridgehead atoms. The van der Waals surface area contributed by atoms with Crippen molar-refractivity contribution in [2.45, 2.75) is 33.0 Å². The molecular formula is C17H22FN3O3. The van der Waals surface area contributed by atoms with Gasteiger partial charge in [-0.05, 0) is 38.0 Å². The molecule has 2 aliphatic heterocycles. The molecule has 3 heterocycles. The van der Waals surface area contributed by atoms with Gasteiger partial charge in [-0.3, -0.25) is 0 Å². The molecule has 0 aromatic carbocycles. The van der Waals surface area contributed by atoms with Crippen molar-refractivity contribution in [2.75, 3.05) is 31.1 Å².